The van der Waals surface area contributed by atoms with Crippen LogP contribution in [-0.4, -0.2) is 25.2 Å². The molecule has 0 spiro atoms. The van der Waals surface area contributed by atoms with Crippen molar-refractivity contribution in [1.29, 1.82) is 0 Å². The van der Waals surface area contributed by atoms with E-state index in [-0.39, 0.29) is 18.0 Å². The summed E-state index contributed by atoms with van der Waals surface area (Å²) in [5.74, 6) is -0.468. The summed E-state index contributed by atoms with van der Waals surface area (Å²) in [6, 6.07) is 18.5. The molecule has 0 saturated carbocycles. The summed E-state index contributed by atoms with van der Waals surface area (Å²) in [7, 11) is -3.94. The molecule has 0 heterocycles. The highest BCUT2D eigenvalue weighted by Gasteiger charge is 2.27. The van der Waals surface area contributed by atoms with Crippen LogP contribution in [0.5, 0.6) is 0 Å². The highest BCUT2D eigenvalue weighted by molar-refractivity contribution is 7.89. The zero-order valence-corrected chi connectivity index (χ0v) is 19.4. The van der Waals surface area contributed by atoms with E-state index in [4.69, 9.17) is 23.2 Å². The largest absolute Gasteiger partial charge is 0.325 e. The Balaban J connectivity index is 1.87. The first-order valence-electron chi connectivity index (χ1n) is 9.52. The number of aryl methyl sites for hydroxylation is 2. The fourth-order valence-electron chi connectivity index (χ4n) is 2.91. The average Bonchev–Trinajstić information content (AvgIpc) is 2.72. The second-order valence-corrected chi connectivity index (χ2v) is 10.0. The van der Waals surface area contributed by atoms with Gasteiger partial charge in [0.1, 0.15) is 0 Å². The van der Waals surface area contributed by atoms with Gasteiger partial charge in [-0.15, -0.1) is 0 Å². The molecule has 0 atom stereocenters. The fraction of sp³-hybridized carbons (Fsp3) is 0.174. The molecular formula is C23H22Cl2N2O3S. The Kier molecular flexibility index (Phi) is 7.38. The minimum Gasteiger partial charge on any atom is -0.325 e. The van der Waals surface area contributed by atoms with Crippen LogP contribution >= 0.6 is 23.2 Å². The summed E-state index contributed by atoms with van der Waals surface area (Å²) >= 11 is 12.0. The van der Waals surface area contributed by atoms with Crippen LogP contribution in [0.3, 0.4) is 0 Å². The molecule has 0 fully saturated rings. The monoisotopic (exact) mass is 476 g/mol. The van der Waals surface area contributed by atoms with Crippen molar-refractivity contribution in [1.82, 2.24) is 4.31 Å². The Morgan fingerprint density at radius 3 is 2.19 bits per heavy atom. The molecule has 3 aromatic rings. The van der Waals surface area contributed by atoms with E-state index in [1.54, 1.807) is 18.2 Å². The second kappa shape index (κ2) is 9.83. The van der Waals surface area contributed by atoms with Gasteiger partial charge in [-0.25, -0.2) is 8.42 Å². The van der Waals surface area contributed by atoms with Crippen LogP contribution in [0.2, 0.25) is 10.0 Å². The van der Waals surface area contributed by atoms with Gasteiger partial charge >= 0.3 is 0 Å². The van der Waals surface area contributed by atoms with Crippen LogP contribution in [0.1, 0.15) is 16.7 Å². The molecule has 0 aromatic heterocycles. The second-order valence-electron chi connectivity index (χ2n) is 7.22. The van der Waals surface area contributed by atoms with Crippen molar-refractivity contribution in [3.05, 3.63) is 93.5 Å². The number of nitrogens with one attached hydrogen (secondary N) is 1. The number of halogens is 2. The molecule has 162 valence electrons. The highest BCUT2D eigenvalue weighted by Crippen LogP contribution is 2.22. The van der Waals surface area contributed by atoms with E-state index < -0.39 is 15.9 Å². The van der Waals surface area contributed by atoms with Gasteiger partial charge in [-0.3, -0.25) is 4.79 Å². The normalized spacial score (nSPS) is 11.5. The third-order valence-corrected chi connectivity index (χ3v) is 7.17. The summed E-state index contributed by atoms with van der Waals surface area (Å²) < 4.78 is 27.7. The summed E-state index contributed by atoms with van der Waals surface area (Å²) in [5.41, 5.74) is 3.21. The zero-order chi connectivity index (χ0) is 22.6. The molecule has 0 bridgehead atoms. The number of hydrogen-bond acceptors (Lipinski definition) is 3. The minimum absolute atomic E-state index is 0.0489. The first-order valence-corrected chi connectivity index (χ1v) is 11.7. The number of nitrogens with zero attached hydrogens (tertiary/aromatic N) is 1. The minimum atomic E-state index is -3.94. The smallest absolute Gasteiger partial charge is 0.243 e. The summed E-state index contributed by atoms with van der Waals surface area (Å²) in [5, 5.41) is 3.66. The molecule has 0 radical (unpaired) electrons. The van der Waals surface area contributed by atoms with Gasteiger partial charge in [0.15, 0.2) is 0 Å². The molecule has 31 heavy (non-hydrogen) atoms. The highest BCUT2D eigenvalue weighted by atomic mass is 35.5. The molecule has 8 heteroatoms. The molecule has 1 amide bonds. The number of carbonyl (C=O) groups excluding carboxylic acids is 1. The topological polar surface area (TPSA) is 66.5 Å². The Bertz CT molecular complexity index is 1180. The van der Waals surface area contributed by atoms with Crippen LogP contribution in [0.15, 0.2) is 71.6 Å². The van der Waals surface area contributed by atoms with Gasteiger partial charge in [0.05, 0.1) is 11.4 Å². The van der Waals surface area contributed by atoms with Crippen molar-refractivity contribution < 1.29 is 13.2 Å². The van der Waals surface area contributed by atoms with Crippen LogP contribution in [-0.2, 0) is 21.4 Å². The van der Waals surface area contributed by atoms with Gasteiger partial charge in [0.2, 0.25) is 15.9 Å². The molecule has 3 aromatic carbocycles. The number of rotatable bonds is 7. The Labute approximate surface area is 192 Å². The standard InChI is InChI=1S/C23H22Cl2N2O3S/c1-16-3-6-18(7-4-16)14-27(31(29,30)21-11-8-19(24)9-12-21)15-23(28)26-20-10-5-17(2)22(25)13-20/h3-13H,14-15H2,1-2H3,(H,26,28). The lowest BCUT2D eigenvalue weighted by Gasteiger charge is -2.22. The van der Waals surface area contributed by atoms with Gasteiger partial charge in [0, 0.05) is 22.3 Å². The van der Waals surface area contributed by atoms with Crippen LogP contribution in [0.4, 0.5) is 5.69 Å². The summed E-state index contributed by atoms with van der Waals surface area (Å²) in [6.07, 6.45) is 0. The predicted molar refractivity (Wildman–Crippen MR) is 125 cm³/mol. The van der Waals surface area contributed by atoms with E-state index in [0.29, 0.717) is 15.7 Å². The number of anilines is 1. The number of benzene rings is 3. The van der Waals surface area contributed by atoms with E-state index in [1.165, 1.54) is 24.3 Å². The SMILES string of the molecule is Cc1ccc(CN(CC(=O)Nc2ccc(C)c(Cl)c2)S(=O)(=O)c2ccc(Cl)cc2)cc1. The third-order valence-electron chi connectivity index (χ3n) is 4.71. The first kappa shape index (κ1) is 23.3. The Morgan fingerprint density at radius 2 is 1.58 bits per heavy atom. The van der Waals surface area contributed by atoms with Crippen molar-refractivity contribution in [2.75, 3.05) is 11.9 Å². The maximum atomic E-state index is 13.3. The van der Waals surface area contributed by atoms with Crippen molar-refractivity contribution >= 4 is 44.8 Å². The predicted octanol–water partition coefficient (Wildman–Crippen LogP) is 5.44. The molecule has 0 aliphatic heterocycles. The van der Waals surface area contributed by atoms with Crippen LogP contribution < -0.4 is 5.32 Å². The van der Waals surface area contributed by atoms with E-state index in [0.717, 1.165) is 21.0 Å². The van der Waals surface area contributed by atoms with Crippen LogP contribution in [0.25, 0.3) is 0 Å². The third kappa shape index (κ3) is 6.08. The fourth-order valence-corrected chi connectivity index (χ4v) is 4.60. The lowest BCUT2D eigenvalue weighted by molar-refractivity contribution is -0.116. The number of carbonyl (C=O) groups is 1. The van der Waals surface area contributed by atoms with Crippen LogP contribution in [0, 0.1) is 13.8 Å². The van der Waals surface area contributed by atoms with E-state index in [1.807, 2.05) is 38.1 Å². The van der Waals surface area contributed by atoms with Gasteiger partial charge in [-0.05, 0) is 61.4 Å². The Hall–Kier alpha value is -2.38. The zero-order valence-electron chi connectivity index (χ0n) is 17.1. The van der Waals surface area contributed by atoms with E-state index in [9.17, 15) is 13.2 Å². The molecule has 0 aliphatic rings. The molecule has 3 rings (SSSR count). The molecule has 0 saturated heterocycles. The van der Waals surface area contributed by atoms with E-state index >= 15 is 0 Å². The quantitative estimate of drug-likeness (QED) is 0.493. The van der Waals surface area contributed by atoms with Crippen molar-refractivity contribution in [3.63, 3.8) is 0 Å². The maximum Gasteiger partial charge on any atom is 0.243 e. The average molecular weight is 477 g/mol. The number of amides is 1. The van der Waals surface area contributed by atoms with Gasteiger partial charge in [0.25, 0.3) is 0 Å². The van der Waals surface area contributed by atoms with Crippen molar-refractivity contribution in [2.24, 2.45) is 0 Å². The lowest BCUT2D eigenvalue weighted by atomic mass is 10.1. The summed E-state index contributed by atoms with van der Waals surface area (Å²) in [4.78, 5) is 12.8. The van der Waals surface area contributed by atoms with E-state index in [2.05, 4.69) is 5.32 Å². The lowest BCUT2D eigenvalue weighted by Crippen LogP contribution is -2.37. The number of hydrogen-bond donors (Lipinski definition) is 1. The maximum absolute atomic E-state index is 13.3. The molecule has 0 aliphatic carbocycles. The van der Waals surface area contributed by atoms with Gasteiger partial charge < -0.3 is 5.32 Å². The van der Waals surface area contributed by atoms with Gasteiger partial charge in [-0.1, -0.05) is 59.1 Å². The van der Waals surface area contributed by atoms with Crippen molar-refractivity contribution in [2.45, 2.75) is 25.3 Å². The Morgan fingerprint density at radius 1 is 0.935 bits per heavy atom. The molecule has 0 unspecified atom stereocenters. The molecule has 5 nitrogen and oxygen atoms in total. The molecular weight excluding hydrogens is 455 g/mol. The first-order chi connectivity index (χ1) is 14.6. The summed E-state index contributed by atoms with van der Waals surface area (Å²) in [6.45, 7) is 3.50. The van der Waals surface area contributed by atoms with Crippen molar-refractivity contribution in [3.8, 4) is 0 Å². The molecule has 1 N–H and O–H groups in total. The number of sulfonamides is 1. The van der Waals surface area contributed by atoms with Gasteiger partial charge in [-0.2, -0.15) is 4.31 Å².